The van der Waals surface area contributed by atoms with E-state index in [1.54, 1.807) is 6.92 Å². The van der Waals surface area contributed by atoms with Crippen LogP contribution in [0.15, 0.2) is 29.4 Å². The second-order valence-corrected chi connectivity index (χ2v) is 6.30. The monoisotopic (exact) mass is 346 g/mol. The van der Waals surface area contributed by atoms with Gasteiger partial charge in [-0.3, -0.25) is 9.80 Å². The van der Waals surface area contributed by atoms with E-state index >= 15 is 0 Å². The molecular formula is C16H15F5N2O. The Labute approximate surface area is 135 Å². The Morgan fingerprint density at radius 1 is 1.29 bits per heavy atom. The summed E-state index contributed by atoms with van der Waals surface area (Å²) in [6, 6.07) is 3.27. The Balaban J connectivity index is 1.82. The molecule has 1 aliphatic carbocycles. The van der Waals surface area contributed by atoms with E-state index in [0.29, 0.717) is 5.56 Å². The standard InChI is InChI=1S/C16H15F5N2O/c1-9(10-3-2-4-12(5-10)16(19,20)21)23-14(13(24)8-22-23)11-6-15(17,18)7-11/h2-5,8-9,11,14H,6-7H2,1H3. The Morgan fingerprint density at radius 2 is 1.96 bits per heavy atom. The molecule has 0 radical (unpaired) electrons. The van der Waals surface area contributed by atoms with Gasteiger partial charge in [0, 0.05) is 12.8 Å². The third kappa shape index (κ3) is 3.01. The fraction of sp³-hybridized carbons (Fsp3) is 0.500. The number of Topliss-reactive ketones (excluding diaryl/α,β-unsaturated/α-hetero) is 1. The molecule has 1 aromatic carbocycles. The second kappa shape index (κ2) is 5.53. The summed E-state index contributed by atoms with van der Waals surface area (Å²) in [5.74, 6) is -3.70. The van der Waals surface area contributed by atoms with Gasteiger partial charge in [-0.1, -0.05) is 12.1 Å². The van der Waals surface area contributed by atoms with Gasteiger partial charge in [-0.05, 0) is 30.5 Å². The van der Waals surface area contributed by atoms with Crippen molar-refractivity contribution in [2.45, 2.75) is 43.9 Å². The van der Waals surface area contributed by atoms with Gasteiger partial charge in [0.1, 0.15) is 6.04 Å². The Hall–Kier alpha value is -1.99. The minimum absolute atomic E-state index is 0.327. The fourth-order valence-electron chi connectivity index (χ4n) is 3.25. The smallest absolute Gasteiger partial charge is 0.291 e. The summed E-state index contributed by atoms with van der Waals surface area (Å²) in [5, 5.41) is 5.29. The minimum atomic E-state index is -4.48. The van der Waals surface area contributed by atoms with E-state index < -0.39 is 48.5 Å². The highest BCUT2D eigenvalue weighted by molar-refractivity contribution is 6.31. The van der Waals surface area contributed by atoms with Crippen molar-refractivity contribution in [3.63, 3.8) is 0 Å². The highest BCUT2D eigenvalue weighted by Crippen LogP contribution is 2.47. The summed E-state index contributed by atoms with van der Waals surface area (Å²) >= 11 is 0. The summed E-state index contributed by atoms with van der Waals surface area (Å²) < 4.78 is 64.7. The summed E-state index contributed by atoms with van der Waals surface area (Å²) in [6.07, 6.45) is -4.22. The Morgan fingerprint density at radius 3 is 2.54 bits per heavy atom. The predicted octanol–water partition coefficient (Wildman–Crippen LogP) is 4.05. The summed E-state index contributed by atoms with van der Waals surface area (Å²) in [6.45, 7) is 1.61. The number of hydrogen-bond donors (Lipinski definition) is 0. The number of ketones is 1. The molecule has 0 N–H and O–H groups in total. The van der Waals surface area contributed by atoms with Crippen LogP contribution in [0.5, 0.6) is 0 Å². The quantitative estimate of drug-likeness (QED) is 0.774. The molecule has 2 aliphatic rings. The largest absolute Gasteiger partial charge is 0.416 e. The van der Waals surface area contributed by atoms with E-state index in [-0.39, 0.29) is 5.78 Å². The number of alkyl halides is 5. The van der Waals surface area contributed by atoms with Gasteiger partial charge in [-0.15, -0.1) is 0 Å². The van der Waals surface area contributed by atoms with Gasteiger partial charge >= 0.3 is 6.18 Å². The van der Waals surface area contributed by atoms with Crippen LogP contribution in [0.25, 0.3) is 0 Å². The van der Waals surface area contributed by atoms with Gasteiger partial charge in [0.05, 0.1) is 17.8 Å². The van der Waals surface area contributed by atoms with Crippen molar-refractivity contribution in [1.29, 1.82) is 0 Å². The lowest BCUT2D eigenvalue weighted by molar-refractivity contribution is -0.144. The van der Waals surface area contributed by atoms with Crippen LogP contribution >= 0.6 is 0 Å². The number of benzene rings is 1. The number of hydrazone groups is 1. The van der Waals surface area contributed by atoms with Crippen LogP contribution in [0.3, 0.4) is 0 Å². The number of nitrogens with zero attached hydrogens (tertiary/aromatic N) is 2. The number of hydrogen-bond acceptors (Lipinski definition) is 3. The first-order valence-electron chi connectivity index (χ1n) is 7.50. The van der Waals surface area contributed by atoms with Gasteiger partial charge < -0.3 is 0 Å². The third-order valence-electron chi connectivity index (χ3n) is 4.56. The van der Waals surface area contributed by atoms with E-state index in [1.165, 1.54) is 17.1 Å². The van der Waals surface area contributed by atoms with Crippen LogP contribution in [0.2, 0.25) is 0 Å². The fourth-order valence-corrected chi connectivity index (χ4v) is 3.25. The molecule has 8 heteroatoms. The van der Waals surface area contributed by atoms with Crippen LogP contribution in [0, 0.1) is 5.92 Å². The van der Waals surface area contributed by atoms with Crippen molar-refractivity contribution in [3.05, 3.63) is 35.4 Å². The maximum absolute atomic E-state index is 13.1. The first-order valence-corrected chi connectivity index (χ1v) is 7.50. The average Bonchev–Trinajstić information content (AvgIpc) is 2.84. The lowest BCUT2D eigenvalue weighted by Gasteiger charge is -2.42. The third-order valence-corrected chi connectivity index (χ3v) is 4.56. The molecule has 0 bridgehead atoms. The molecule has 0 spiro atoms. The van der Waals surface area contributed by atoms with E-state index in [4.69, 9.17) is 0 Å². The summed E-state index contributed by atoms with van der Waals surface area (Å²) in [5.41, 5.74) is -0.471. The zero-order chi connectivity index (χ0) is 17.7. The van der Waals surface area contributed by atoms with Crippen molar-refractivity contribution in [3.8, 4) is 0 Å². The molecule has 2 unspecified atom stereocenters. The molecule has 3 rings (SSSR count). The molecule has 24 heavy (non-hydrogen) atoms. The molecule has 2 atom stereocenters. The predicted molar refractivity (Wildman–Crippen MR) is 76.7 cm³/mol. The molecular weight excluding hydrogens is 331 g/mol. The van der Waals surface area contributed by atoms with E-state index in [0.717, 1.165) is 18.3 Å². The molecule has 0 amide bonds. The second-order valence-electron chi connectivity index (χ2n) is 6.30. The van der Waals surface area contributed by atoms with Crippen LogP contribution in [-0.4, -0.2) is 29.0 Å². The van der Waals surface area contributed by atoms with E-state index in [1.807, 2.05) is 0 Å². The van der Waals surface area contributed by atoms with Crippen molar-refractivity contribution in [2.24, 2.45) is 11.0 Å². The van der Waals surface area contributed by atoms with Crippen molar-refractivity contribution in [1.82, 2.24) is 5.01 Å². The molecule has 1 fully saturated rings. The van der Waals surface area contributed by atoms with Gasteiger partial charge in [0.15, 0.2) is 5.78 Å². The van der Waals surface area contributed by atoms with E-state index in [9.17, 15) is 26.7 Å². The number of carbonyl (C=O) groups excluding carboxylic acids is 1. The summed E-state index contributed by atoms with van der Waals surface area (Å²) in [4.78, 5) is 12.0. The normalized spacial score (nSPS) is 25.0. The van der Waals surface area contributed by atoms with Crippen molar-refractivity contribution >= 4 is 12.0 Å². The van der Waals surface area contributed by atoms with Gasteiger partial charge in [-0.2, -0.15) is 18.3 Å². The van der Waals surface area contributed by atoms with Gasteiger partial charge in [0.25, 0.3) is 0 Å². The first-order chi connectivity index (χ1) is 11.1. The maximum atomic E-state index is 13.1. The zero-order valence-electron chi connectivity index (χ0n) is 12.7. The highest BCUT2D eigenvalue weighted by Gasteiger charge is 2.53. The lowest BCUT2D eigenvalue weighted by Crippen LogP contribution is -2.50. The molecule has 0 aromatic heterocycles. The van der Waals surface area contributed by atoms with Crippen molar-refractivity contribution in [2.75, 3.05) is 0 Å². The Bertz CT molecular complexity index is 677. The molecule has 1 heterocycles. The van der Waals surface area contributed by atoms with Crippen LogP contribution < -0.4 is 0 Å². The number of carbonyl (C=O) groups is 1. The maximum Gasteiger partial charge on any atom is 0.416 e. The molecule has 1 aliphatic heterocycles. The molecule has 1 aromatic rings. The van der Waals surface area contributed by atoms with Crippen LogP contribution in [0.4, 0.5) is 22.0 Å². The number of rotatable bonds is 3. The minimum Gasteiger partial charge on any atom is -0.291 e. The molecule has 0 saturated heterocycles. The molecule has 130 valence electrons. The average molecular weight is 346 g/mol. The molecule has 3 nitrogen and oxygen atoms in total. The van der Waals surface area contributed by atoms with Crippen molar-refractivity contribution < 1.29 is 26.7 Å². The van der Waals surface area contributed by atoms with Gasteiger partial charge in [-0.25, -0.2) is 8.78 Å². The van der Waals surface area contributed by atoms with Crippen LogP contribution in [-0.2, 0) is 11.0 Å². The first kappa shape index (κ1) is 16.9. The topological polar surface area (TPSA) is 32.7 Å². The molecule has 1 saturated carbocycles. The lowest BCUT2D eigenvalue weighted by atomic mass is 9.75. The van der Waals surface area contributed by atoms with E-state index in [2.05, 4.69) is 5.10 Å². The number of halogens is 5. The Kier molecular flexibility index (Phi) is 3.88. The SMILES string of the molecule is CC(c1cccc(C(F)(F)F)c1)N1N=CC(=O)C1C1CC(F)(F)C1. The zero-order valence-corrected chi connectivity index (χ0v) is 12.7. The summed E-state index contributed by atoms with van der Waals surface area (Å²) in [7, 11) is 0. The van der Waals surface area contributed by atoms with Gasteiger partial charge in [0.2, 0.25) is 5.92 Å². The van der Waals surface area contributed by atoms with Crippen LogP contribution in [0.1, 0.15) is 36.9 Å². The highest BCUT2D eigenvalue weighted by atomic mass is 19.4.